The van der Waals surface area contributed by atoms with Crippen LogP contribution in [0.2, 0.25) is 0 Å². The third-order valence-corrected chi connectivity index (χ3v) is 8.14. The smallest absolute Gasteiger partial charge is 0.00985 e. The van der Waals surface area contributed by atoms with Gasteiger partial charge in [0, 0.05) is 5.92 Å². The van der Waals surface area contributed by atoms with Gasteiger partial charge in [-0.15, -0.1) is 0 Å². The van der Waals surface area contributed by atoms with Crippen molar-refractivity contribution in [3.05, 3.63) is 124 Å². The molecule has 5 aromatic rings. The van der Waals surface area contributed by atoms with Crippen LogP contribution < -0.4 is 0 Å². The maximum atomic E-state index is 2.53. The molecular weight excluding hydrogens is 384 g/mol. The molecule has 0 fully saturated rings. The number of hydrogen-bond acceptors (Lipinski definition) is 0. The lowest BCUT2D eigenvalue weighted by atomic mass is 9.78. The summed E-state index contributed by atoms with van der Waals surface area (Å²) >= 11 is 0. The van der Waals surface area contributed by atoms with E-state index in [0.29, 0.717) is 5.92 Å². The van der Waals surface area contributed by atoms with Crippen LogP contribution in [0.15, 0.2) is 90.5 Å². The Morgan fingerprint density at radius 3 is 2.28 bits per heavy atom. The molecule has 3 aliphatic carbocycles. The zero-order valence-electron chi connectivity index (χ0n) is 17.9. The van der Waals surface area contributed by atoms with E-state index in [1.807, 2.05) is 0 Å². The summed E-state index contributed by atoms with van der Waals surface area (Å²) < 4.78 is 0. The van der Waals surface area contributed by atoms with Gasteiger partial charge in [-0.05, 0) is 85.3 Å². The Bertz CT molecular complexity index is 1650. The van der Waals surface area contributed by atoms with E-state index in [4.69, 9.17) is 0 Å². The monoisotopic (exact) mass is 406 g/mol. The van der Waals surface area contributed by atoms with E-state index < -0.39 is 0 Å². The van der Waals surface area contributed by atoms with Crippen LogP contribution in [0.5, 0.6) is 0 Å². The van der Waals surface area contributed by atoms with Crippen LogP contribution in [0.3, 0.4) is 0 Å². The van der Waals surface area contributed by atoms with E-state index >= 15 is 0 Å². The summed E-state index contributed by atoms with van der Waals surface area (Å²) in [6.45, 7) is 0. The summed E-state index contributed by atoms with van der Waals surface area (Å²) in [5.41, 5.74) is 13.5. The molecule has 32 heavy (non-hydrogen) atoms. The summed E-state index contributed by atoms with van der Waals surface area (Å²) in [4.78, 5) is 0. The van der Waals surface area contributed by atoms with Crippen molar-refractivity contribution in [2.75, 3.05) is 0 Å². The highest BCUT2D eigenvalue weighted by molar-refractivity contribution is 6.16. The van der Waals surface area contributed by atoms with Crippen molar-refractivity contribution in [1.82, 2.24) is 0 Å². The average Bonchev–Trinajstić information content (AvgIpc) is 3.40. The van der Waals surface area contributed by atoms with Crippen LogP contribution in [0.1, 0.15) is 39.3 Å². The quantitative estimate of drug-likeness (QED) is 0.225. The topological polar surface area (TPSA) is 0 Å². The second kappa shape index (κ2) is 5.99. The molecule has 0 spiro atoms. The minimum atomic E-state index is 0.536. The summed E-state index contributed by atoms with van der Waals surface area (Å²) in [6, 6.07) is 31.9. The van der Waals surface area contributed by atoms with Crippen molar-refractivity contribution in [2.45, 2.75) is 25.2 Å². The van der Waals surface area contributed by atoms with Crippen LogP contribution in [-0.4, -0.2) is 0 Å². The molecule has 0 N–H and O–H groups in total. The Balaban J connectivity index is 1.47. The molecular formula is C32H22. The number of fused-ring (bicyclic) bond motifs is 13. The fraction of sp³-hybridized carbons (Fsp3) is 0.125. The Kier molecular flexibility index (Phi) is 3.18. The van der Waals surface area contributed by atoms with Crippen LogP contribution in [-0.2, 0) is 19.3 Å². The van der Waals surface area contributed by atoms with E-state index in [-0.39, 0.29) is 0 Å². The predicted molar refractivity (Wildman–Crippen MR) is 134 cm³/mol. The van der Waals surface area contributed by atoms with Crippen molar-refractivity contribution < 1.29 is 0 Å². The predicted octanol–water partition coefficient (Wildman–Crippen LogP) is 7.84. The Labute approximate surface area is 187 Å². The Morgan fingerprint density at radius 2 is 1.34 bits per heavy atom. The first kappa shape index (κ1) is 17.0. The van der Waals surface area contributed by atoms with Gasteiger partial charge in [0.15, 0.2) is 0 Å². The van der Waals surface area contributed by atoms with Crippen LogP contribution in [0.4, 0.5) is 0 Å². The largest absolute Gasteiger partial charge is 0.0620 e. The van der Waals surface area contributed by atoms with Crippen molar-refractivity contribution in [3.8, 4) is 11.1 Å². The van der Waals surface area contributed by atoms with Crippen LogP contribution in [0.25, 0.3) is 38.7 Å². The minimum Gasteiger partial charge on any atom is -0.0620 e. The molecule has 150 valence electrons. The van der Waals surface area contributed by atoms with Crippen molar-refractivity contribution in [2.24, 2.45) is 0 Å². The van der Waals surface area contributed by atoms with Gasteiger partial charge in [-0.25, -0.2) is 0 Å². The molecule has 0 amide bonds. The molecule has 0 saturated carbocycles. The molecule has 5 aromatic carbocycles. The molecule has 3 aliphatic rings. The fourth-order valence-electron chi connectivity index (χ4n) is 6.76. The molecule has 0 saturated heterocycles. The highest BCUT2D eigenvalue weighted by atomic mass is 14.4. The fourth-order valence-corrected chi connectivity index (χ4v) is 6.76. The molecule has 1 unspecified atom stereocenters. The van der Waals surface area contributed by atoms with Crippen molar-refractivity contribution >= 4 is 27.6 Å². The van der Waals surface area contributed by atoms with Gasteiger partial charge in [-0.3, -0.25) is 0 Å². The molecule has 0 heteroatoms. The first-order valence-corrected chi connectivity index (χ1v) is 11.7. The van der Waals surface area contributed by atoms with Gasteiger partial charge >= 0.3 is 0 Å². The molecule has 0 aromatic heterocycles. The SMILES string of the molecule is C1=C2Cc3ccccc3C2Cc2c1c1ccccc1c1c3c(ccc21)-c1ccccc1C3. The first-order valence-electron chi connectivity index (χ1n) is 11.7. The number of allylic oxidation sites excluding steroid dienone is 1. The van der Waals surface area contributed by atoms with Gasteiger partial charge < -0.3 is 0 Å². The lowest BCUT2D eigenvalue weighted by Gasteiger charge is -2.26. The molecule has 0 aliphatic heterocycles. The minimum absolute atomic E-state index is 0.536. The van der Waals surface area contributed by atoms with Gasteiger partial charge in [0.25, 0.3) is 0 Å². The first-order chi connectivity index (χ1) is 15.9. The third-order valence-electron chi connectivity index (χ3n) is 8.14. The van der Waals surface area contributed by atoms with Crippen molar-refractivity contribution in [1.29, 1.82) is 0 Å². The second-order valence-electron chi connectivity index (χ2n) is 9.64. The molecule has 0 heterocycles. The maximum Gasteiger partial charge on any atom is 0.00985 e. The molecule has 0 nitrogen and oxygen atoms in total. The number of hydrogen-bond donors (Lipinski definition) is 0. The van der Waals surface area contributed by atoms with Gasteiger partial charge in [-0.1, -0.05) is 96.6 Å². The summed E-state index contributed by atoms with van der Waals surface area (Å²) in [5.74, 6) is 0.536. The summed E-state index contributed by atoms with van der Waals surface area (Å²) in [6.07, 6.45) is 5.80. The molecule has 1 atom stereocenters. The van der Waals surface area contributed by atoms with Gasteiger partial charge in [0.05, 0.1) is 0 Å². The highest BCUT2D eigenvalue weighted by Gasteiger charge is 2.33. The molecule has 8 rings (SSSR count). The Hall–Kier alpha value is -3.64. The van der Waals surface area contributed by atoms with E-state index in [1.165, 1.54) is 54.9 Å². The zero-order valence-corrected chi connectivity index (χ0v) is 17.9. The average molecular weight is 407 g/mol. The van der Waals surface area contributed by atoms with E-state index in [9.17, 15) is 0 Å². The highest BCUT2D eigenvalue weighted by Crippen LogP contribution is 2.50. The maximum absolute atomic E-state index is 2.53. The van der Waals surface area contributed by atoms with Gasteiger partial charge in [0.2, 0.25) is 0 Å². The van der Waals surface area contributed by atoms with Crippen LogP contribution in [0, 0.1) is 0 Å². The number of rotatable bonds is 0. The number of benzene rings is 5. The zero-order chi connectivity index (χ0) is 20.8. The summed E-state index contributed by atoms with van der Waals surface area (Å²) in [7, 11) is 0. The van der Waals surface area contributed by atoms with Crippen LogP contribution >= 0.6 is 0 Å². The lowest BCUT2D eigenvalue weighted by Crippen LogP contribution is -2.09. The molecule has 0 bridgehead atoms. The summed E-state index contributed by atoms with van der Waals surface area (Å²) in [5, 5.41) is 5.78. The van der Waals surface area contributed by atoms with E-state index in [1.54, 1.807) is 16.7 Å². The Morgan fingerprint density at radius 1 is 0.562 bits per heavy atom. The van der Waals surface area contributed by atoms with E-state index in [2.05, 4.69) is 91.0 Å². The van der Waals surface area contributed by atoms with E-state index in [0.717, 1.165) is 19.3 Å². The standard InChI is InChI=1S/C32H22/c1-4-10-23-19(7-1)15-21-17-29-24-11-5-6-12-26(24)32-27(30(29)18-28(21)23)14-13-25-22-9-3-2-8-20(22)16-31(25)32/h1-14,17,28H,15-16,18H2. The van der Waals surface area contributed by atoms with Gasteiger partial charge in [0.1, 0.15) is 0 Å². The van der Waals surface area contributed by atoms with Gasteiger partial charge in [-0.2, -0.15) is 0 Å². The lowest BCUT2D eigenvalue weighted by molar-refractivity contribution is 0.806. The third kappa shape index (κ3) is 2.08. The molecule has 0 radical (unpaired) electrons. The van der Waals surface area contributed by atoms with Crippen molar-refractivity contribution in [3.63, 3.8) is 0 Å². The second-order valence-corrected chi connectivity index (χ2v) is 9.64. The normalized spacial score (nSPS) is 17.5.